The summed E-state index contributed by atoms with van der Waals surface area (Å²) < 4.78 is 27.2. The first-order valence-corrected chi connectivity index (χ1v) is 8.70. The van der Waals surface area contributed by atoms with E-state index < -0.39 is 10.0 Å². The molecule has 0 aromatic carbocycles. The van der Waals surface area contributed by atoms with Gasteiger partial charge in [0, 0.05) is 17.6 Å². The van der Waals surface area contributed by atoms with E-state index in [4.69, 9.17) is 0 Å². The molecule has 0 atom stereocenters. The molecule has 0 aliphatic heterocycles. The molecule has 2 heterocycles. The monoisotopic (exact) mass is 311 g/mol. The van der Waals surface area contributed by atoms with Crippen LogP contribution in [-0.2, 0) is 16.6 Å². The number of aromatic nitrogens is 1. The summed E-state index contributed by atoms with van der Waals surface area (Å²) in [6.07, 6.45) is 2.56. The molecule has 2 rings (SSSR count). The first-order chi connectivity index (χ1) is 9.63. The third-order valence-electron chi connectivity index (χ3n) is 2.61. The Labute approximate surface area is 123 Å². The van der Waals surface area contributed by atoms with Crippen molar-refractivity contribution in [3.05, 3.63) is 40.7 Å². The van der Waals surface area contributed by atoms with E-state index in [1.54, 1.807) is 35.8 Å². The average Bonchev–Trinajstić information content (AvgIpc) is 2.89. The number of anilines is 1. The standard InChI is InChI=1S/C13H17N3O2S2/c1-2-7-14-10-11-12(6-9-19-11)20(17,18)16-13-5-3-4-8-15-13/h3-6,8-9,14H,2,7,10H2,1H3,(H,15,16). The second-order valence-electron chi connectivity index (χ2n) is 4.21. The van der Waals surface area contributed by atoms with Crippen LogP contribution in [-0.4, -0.2) is 19.9 Å². The number of hydrogen-bond donors (Lipinski definition) is 2. The Hall–Kier alpha value is -1.44. The van der Waals surface area contributed by atoms with Gasteiger partial charge in [-0.25, -0.2) is 13.4 Å². The fraction of sp³-hybridized carbons (Fsp3) is 0.308. The van der Waals surface area contributed by atoms with Gasteiger partial charge >= 0.3 is 0 Å². The van der Waals surface area contributed by atoms with Crippen molar-refractivity contribution in [3.63, 3.8) is 0 Å². The minimum atomic E-state index is -3.58. The van der Waals surface area contributed by atoms with Gasteiger partial charge in [0.25, 0.3) is 10.0 Å². The number of nitrogens with zero attached hydrogens (tertiary/aromatic N) is 1. The van der Waals surface area contributed by atoms with Gasteiger partial charge in [0.15, 0.2) is 0 Å². The number of nitrogens with one attached hydrogen (secondary N) is 2. The van der Waals surface area contributed by atoms with Gasteiger partial charge in [0.05, 0.1) is 0 Å². The fourth-order valence-corrected chi connectivity index (χ4v) is 4.11. The van der Waals surface area contributed by atoms with E-state index >= 15 is 0 Å². The van der Waals surface area contributed by atoms with E-state index in [2.05, 4.69) is 21.9 Å². The Morgan fingerprint density at radius 3 is 2.85 bits per heavy atom. The number of sulfonamides is 1. The van der Waals surface area contributed by atoms with Gasteiger partial charge in [0.1, 0.15) is 10.7 Å². The summed E-state index contributed by atoms with van der Waals surface area (Å²) in [4.78, 5) is 5.10. The lowest BCUT2D eigenvalue weighted by Crippen LogP contribution is -2.18. The summed E-state index contributed by atoms with van der Waals surface area (Å²) in [7, 11) is -3.58. The Bertz CT molecular complexity index is 639. The number of pyridine rings is 1. The normalized spacial score (nSPS) is 11.4. The molecular weight excluding hydrogens is 294 g/mol. The third-order valence-corrected chi connectivity index (χ3v) is 5.10. The SMILES string of the molecule is CCCNCc1sccc1S(=O)(=O)Nc1ccccn1. The molecule has 2 aromatic heterocycles. The van der Waals surface area contributed by atoms with E-state index in [0.29, 0.717) is 17.3 Å². The number of thiophene rings is 1. The van der Waals surface area contributed by atoms with Gasteiger partial charge < -0.3 is 5.32 Å². The predicted octanol–water partition coefficient (Wildman–Crippen LogP) is 2.44. The van der Waals surface area contributed by atoms with Gasteiger partial charge in [-0.15, -0.1) is 11.3 Å². The summed E-state index contributed by atoms with van der Waals surface area (Å²) >= 11 is 1.44. The highest BCUT2D eigenvalue weighted by Crippen LogP contribution is 2.23. The molecule has 108 valence electrons. The lowest BCUT2D eigenvalue weighted by atomic mass is 10.4. The van der Waals surface area contributed by atoms with Crippen molar-refractivity contribution < 1.29 is 8.42 Å². The molecule has 2 aromatic rings. The molecule has 0 spiro atoms. The molecular formula is C13H17N3O2S2. The predicted molar refractivity (Wildman–Crippen MR) is 81.4 cm³/mol. The molecule has 2 N–H and O–H groups in total. The quantitative estimate of drug-likeness (QED) is 0.771. The summed E-state index contributed by atoms with van der Waals surface area (Å²) in [5.41, 5.74) is 0. The van der Waals surface area contributed by atoms with E-state index in [9.17, 15) is 8.42 Å². The van der Waals surface area contributed by atoms with Crippen molar-refractivity contribution in [2.24, 2.45) is 0 Å². The van der Waals surface area contributed by atoms with Gasteiger partial charge in [-0.05, 0) is 36.5 Å². The van der Waals surface area contributed by atoms with Crippen molar-refractivity contribution in [3.8, 4) is 0 Å². The maximum absolute atomic E-state index is 12.3. The Morgan fingerprint density at radius 1 is 1.30 bits per heavy atom. The molecule has 0 amide bonds. The van der Waals surface area contributed by atoms with Crippen LogP contribution >= 0.6 is 11.3 Å². The molecule has 0 fully saturated rings. The second kappa shape index (κ2) is 6.83. The van der Waals surface area contributed by atoms with Crippen LogP contribution in [0.4, 0.5) is 5.82 Å². The summed E-state index contributed by atoms with van der Waals surface area (Å²) in [6.45, 7) is 3.50. The highest BCUT2D eigenvalue weighted by molar-refractivity contribution is 7.92. The van der Waals surface area contributed by atoms with Crippen LogP contribution in [0.25, 0.3) is 0 Å². The third kappa shape index (κ3) is 3.78. The number of rotatable bonds is 7. The van der Waals surface area contributed by atoms with Gasteiger partial charge in [-0.3, -0.25) is 4.72 Å². The zero-order valence-corrected chi connectivity index (χ0v) is 12.8. The minimum absolute atomic E-state index is 0.316. The first kappa shape index (κ1) is 15.0. The second-order valence-corrected chi connectivity index (χ2v) is 6.86. The first-order valence-electron chi connectivity index (χ1n) is 6.34. The van der Waals surface area contributed by atoms with Gasteiger partial charge in [0.2, 0.25) is 0 Å². The zero-order chi connectivity index (χ0) is 14.4. The van der Waals surface area contributed by atoms with Crippen LogP contribution in [0.3, 0.4) is 0 Å². The maximum Gasteiger partial charge on any atom is 0.264 e. The Morgan fingerprint density at radius 2 is 2.15 bits per heavy atom. The minimum Gasteiger partial charge on any atom is -0.312 e. The highest BCUT2D eigenvalue weighted by atomic mass is 32.2. The van der Waals surface area contributed by atoms with E-state index in [0.717, 1.165) is 17.8 Å². The smallest absolute Gasteiger partial charge is 0.264 e. The average molecular weight is 311 g/mol. The topological polar surface area (TPSA) is 71.1 Å². The number of hydrogen-bond acceptors (Lipinski definition) is 5. The summed E-state index contributed by atoms with van der Waals surface area (Å²) in [6, 6.07) is 6.72. The van der Waals surface area contributed by atoms with Crippen molar-refractivity contribution in [2.75, 3.05) is 11.3 Å². The van der Waals surface area contributed by atoms with Crippen molar-refractivity contribution in [2.45, 2.75) is 24.8 Å². The van der Waals surface area contributed by atoms with E-state index in [1.165, 1.54) is 11.3 Å². The van der Waals surface area contributed by atoms with Crippen molar-refractivity contribution in [1.82, 2.24) is 10.3 Å². The largest absolute Gasteiger partial charge is 0.312 e. The van der Waals surface area contributed by atoms with Crippen LogP contribution in [0.1, 0.15) is 18.2 Å². The van der Waals surface area contributed by atoms with Crippen molar-refractivity contribution in [1.29, 1.82) is 0 Å². The van der Waals surface area contributed by atoms with E-state index in [-0.39, 0.29) is 0 Å². The van der Waals surface area contributed by atoms with Crippen LogP contribution in [0.5, 0.6) is 0 Å². The van der Waals surface area contributed by atoms with Crippen molar-refractivity contribution >= 4 is 27.2 Å². The maximum atomic E-state index is 12.3. The fourth-order valence-electron chi connectivity index (χ4n) is 1.69. The summed E-state index contributed by atoms with van der Waals surface area (Å²) in [5.74, 6) is 0.325. The van der Waals surface area contributed by atoms with Crippen LogP contribution in [0, 0.1) is 0 Å². The lowest BCUT2D eigenvalue weighted by Gasteiger charge is -2.08. The highest BCUT2D eigenvalue weighted by Gasteiger charge is 2.19. The molecule has 7 heteroatoms. The molecule has 0 saturated heterocycles. The van der Waals surface area contributed by atoms with Crippen LogP contribution in [0.15, 0.2) is 40.7 Å². The molecule has 0 saturated carbocycles. The van der Waals surface area contributed by atoms with E-state index in [1.807, 2.05) is 0 Å². The summed E-state index contributed by atoms with van der Waals surface area (Å²) in [5, 5.41) is 5.00. The van der Waals surface area contributed by atoms with Crippen LogP contribution < -0.4 is 10.0 Å². The Balaban J connectivity index is 2.15. The molecule has 0 aliphatic carbocycles. The molecule has 20 heavy (non-hydrogen) atoms. The van der Waals surface area contributed by atoms with Gasteiger partial charge in [-0.1, -0.05) is 13.0 Å². The molecule has 5 nitrogen and oxygen atoms in total. The lowest BCUT2D eigenvalue weighted by molar-refractivity contribution is 0.598. The molecule has 0 aliphatic rings. The molecule has 0 bridgehead atoms. The Kier molecular flexibility index (Phi) is 5.11. The molecule has 0 unspecified atom stereocenters. The molecule has 0 radical (unpaired) electrons. The zero-order valence-electron chi connectivity index (χ0n) is 11.2. The van der Waals surface area contributed by atoms with Crippen LogP contribution in [0.2, 0.25) is 0 Å². The van der Waals surface area contributed by atoms with Gasteiger partial charge in [-0.2, -0.15) is 0 Å².